The molecule has 0 saturated carbocycles. The fraction of sp³-hybridized carbons (Fsp3) is 0.500. The fourth-order valence-corrected chi connectivity index (χ4v) is 1.95. The summed E-state index contributed by atoms with van der Waals surface area (Å²) in [6.45, 7) is 1.96. The molecule has 0 fully saturated rings. The molecule has 1 unspecified atom stereocenters. The van der Waals surface area contributed by atoms with Crippen LogP contribution in [-0.4, -0.2) is 12.6 Å². The molecule has 1 aromatic carbocycles. The van der Waals surface area contributed by atoms with Gasteiger partial charge in [-0.1, -0.05) is 43.2 Å². The van der Waals surface area contributed by atoms with E-state index in [-0.39, 0.29) is 11.3 Å². The predicted molar refractivity (Wildman–Crippen MR) is 70.1 cm³/mol. The van der Waals surface area contributed by atoms with Crippen molar-refractivity contribution in [2.75, 3.05) is 6.61 Å². The van der Waals surface area contributed by atoms with Gasteiger partial charge in [-0.2, -0.15) is 0 Å². The lowest BCUT2D eigenvalue weighted by Crippen LogP contribution is -2.00. The molecule has 1 atom stereocenters. The molecule has 0 aromatic heterocycles. The molecule has 0 aliphatic heterocycles. The van der Waals surface area contributed by atoms with Crippen LogP contribution in [-0.2, 0) is 9.53 Å². The number of carbonyl (C=O) groups is 1. The number of rotatable bonds is 7. The first-order valence-electron chi connectivity index (χ1n) is 6.02. The van der Waals surface area contributed by atoms with Crippen LogP contribution in [0.15, 0.2) is 30.3 Å². The van der Waals surface area contributed by atoms with E-state index in [4.69, 9.17) is 16.3 Å². The predicted octanol–water partition coefficient (Wildman–Crippen LogP) is 4.09. The van der Waals surface area contributed by atoms with Crippen molar-refractivity contribution in [3.8, 4) is 0 Å². The molecule has 3 heteroatoms. The summed E-state index contributed by atoms with van der Waals surface area (Å²) in [6.07, 6.45) is 3.98. The van der Waals surface area contributed by atoms with Crippen molar-refractivity contribution in [2.24, 2.45) is 0 Å². The minimum Gasteiger partial charge on any atom is -0.466 e. The topological polar surface area (TPSA) is 26.3 Å². The van der Waals surface area contributed by atoms with E-state index in [9.17, 15) is 4.79 Å². The monoisotopic (exact) mass is 254 g/mol. The van der Waals surface area contributed by atoms with Crippen LogP contribution in [0.1, 0.15) is 43.5 Å². The molecule has 94 valence electrons. The van der Waals surface area contributed by atoms with Crippen LogP contribution in [0.4, 0.5) is 0 Å². The van der Waals surface area contributed by atoms with E-state index < -0.39 is 0 Å². The molecule has 1 aromatic rings. The quantitative estimate of drug-likeness (QED) is 0.416. The second-order valence-corrected chi connectivity index (χ2v) is 4.59. The summed E-state index contributed by atoms with van der Waals surface area (Å²) in [5, 5.41) is 0.0879. The average Bonchev–Trinajstić information content (AvgIpc) is 2.34. The number of hydrogen-bond donors (Lipinski definition) is 0. The van der Waals surface area contributed by atoms with Gasteiger partial charge in [-0.05, 0) is 18.4 Å². The van der Waals surface area contributed by atoms with Crippen molar-refractivity contribution >= 4 is 17.6 Å². The number of halogens is 1. The van der Waals surface area contributed by atoms with Crippen LogP contribution in [0.3, 0.4) is 0 Å². The number of ether oxygens (including phenoxy) is 1. The number of alkyl halides is 1. The van der Waals surface area contributed by atoms with Gasteiger partial charge in [-0.3, -0.25) is 4.79 Å². The van der Waals surface area contributed by atoms with Gasteiger partial charge in [-0.25, -0.2) is 0 Å². The maximum absolute atomic E-state index is 10.5. The highest BCUT2D eigenvalue weighted by Crippen LogP contribution is 2.25. The first kappa shape index (κ1) is 14.0. The van der Waals surface area contributed by atoms with Crippen LogP contribution in [0.25, 0.3) is 0 Å². The Bertz CT molecular complexity index is 324. The van der Waals surface area contributed by atoms with Crippen LogP contribution < -0.4 is 0 Å². The Morgan fingerprint density at radius 2 is 1.94 bits per heavy atom. The third kappa shape index (κ3) is 6.32. The van der Waals surface area contributed by atoms with Crippen LogP contribution in [0.5, 0.6) is 0 Å². The van der Waals surface area contributed by atoms with E-state index in [0.717, 1.165) is 25.7 Å². The standard InChI is InChI=1S/C14H19ClO2/c1-12(16)17-11-7-3-6-10-14(15)13-8-4-2-5-9-13/h2,4-5,8-9,14H,3,6-7,10-11H2,1H3. The molecule has 0 spiro atoms. The lowest BCUT2D eigenvalue weighted by molar-refractivity contribution is -0.141. The van der Waals surface area contributed by atoms with Gasteiger partial charge in [0.2, 0.25) is 0 Å². The maximum atomic E-state index is 10.5. The molecule has 17 heavy (non-hydrogen) atoms. The highest BCUT2D eigenvalue weighted by molar-refractivity contribution is 6.20. The normalized spacial score (nSPS) is 12.1. The molecule has 2 nitrogen and oxygen atoms in total. The minimum atomic E-state index is -0.204. The zero-order valence-electron chi connectivity index (χ0n) is 10.2. The summed E-state index contributed by atoms with van der Waals surface area (Å²) >= 11 is 6.28. The number of unbranched alkanes of at least 4 members (excludes halogenated alkanes) is 2. The van der Waals surface area contributed by atoms with Crippen molar-refractivity contribution in [1.82, 2.24) is 0 Å². The zero-order valence-corrected chi connectivity index (χ0v) is 11.0. The van der Waals surface area contributed by atoms with Gasteiger partial charge in [0.1, 0.15) is 0 Å². The second-order valence-electron chi connectivity index (χ2n) is 4.07. The first-order valence-corrected chi connectivity index (χ1v) is 6.46. The average molecular weight is 255 g/mol. The van der Waals surface area contributed by atoms with Gasteiger partial charge < -0.3 is 4.74 Å². The van der Waals surface area contributed by atoms with E-state index in [2.05, 4.69) is 12.1 Å². The Morgan fingerprint density at radius 3 is 2.59 bits per heavy atom. The molecule has 0 aliphatic rings. The summed E-state index contributed by atoms with van der Waals surface area (Å²) in [4.78, 5) is 10.5. The summed E-state index contributed by atoms with van der Waals surface area (Å²) < 4.78 is 4.86. The molecular formula is C14H19ClO2. The molecule has 0 heterocycles. The van der Waals surface area contributed by atoms with E-state index in [1.165, 1.54) is 12.5 Å². The highest BCUT2D eigenvalue weighted by atomic mass is 35.5. The Morgan fingerprint density at radius 1 is 1.24 bits per heavy atom. The third-order valence-corrected chi connectivity index (χ3v) is 3.04. The summed E-state index contributed by atoms with van der Waals surface area (Å²) in [5.74, 6) is -0.204. The molecule has 0 bridgehead atoms. The van der Waals surface area contributed by atoms with Gasteiger partial charge in [0.25, 0.3) is 0 Å². The SMILES string of the molecule is CC(=O)OCCCCCC(Cl)c1ccccc1. The smallest absolute Gasteiger partial charge is 0.302 e. The van der Waals surface area contributed by atoms with E-state index >= 15 is 0 Å². The van der Waals surface area contributed by atoms with Crippen molar-refractivity contribution in [1.29, 1.82) is 0 Å². The highest BCUT2D eigenvalue weighted by Gasteiger charge is 2.06. The van der Waals surface area contributed by atoms with Gasteiger partial charge in [0, 0.05) is 6.92 Å². The number of benzene rings is 1. The lowest BCUT2D eigenvalue weighted by atomic mass is 10.1. The molecule has 1 rings (SSSR count). The zero-order chi connectivity index (χ0) is 12.5. The first-order chi connectivity index (χ1) is 8.20. The Labute approximate surface area is 108 Å². The molecule has 0 amide bonds. The van der Waals surface area contributed by atoms with E-state index in [0.29, 0.717) is 6.61 Å². The molecule has 0 radical (unpaired) electrons. The largest absolute Gasteiger partial charge is 0.466 e. The Hall–Kier alpha value is -1.02. The third-order valence-electron chi connectivity index (χ3n) is 2.57. The number of carbonyl (C=O) groups excluding carboxylic acids is 1. The maximum Gasteiger partial charge on any atom is 0.302 e. The van der Waals surface area contributed by atoms with Crippen molar-refractivity contribution in [3.63, 3.8) is 0 Å². The van der Waals surface area contributed by atoms with Crippen LogP contribution in [0.2, 0.25) is 0 Å². The van der Waals surface area contributed by atoms with Crippen LogP contribution >= 0.6 is 11.6 Å². The van der Waals surface area contributed by atoms with Gasteiger partial charge in [-0.15, -0.1) is 11.6 Å². The van der Waals surface area contributed by atoms with Crippen molar-refractivity contribution < 1.29 is 9.53 Å². The molecule has 0 aliphatic carbocycles. The van der Waals surface area contributed by atoms with Gasteiger partial charge in [0.05, 0.1) is 12.0 Å². The second kappa shape index (κ2) is 8.13. The summed E-state index contributed by atoms with van der Waals surface area (Å²) in [7, 11) is 0. The molecule has 0 N–H and O–H groups in total. The molecule has 0 saturated heterocycles. The van der Waals surface area contributed by atoms with Gasteiger partial charge in [0.15, 0.2) is 0 Å². The van der Waals surface area contributed by atoms with Crippen LogP contribution in [0, 0.1) is 0 Å². The fourth-order valence-electron chi connectivity index (χ4n) is 1.65. The minimum absolute atomic E-state index is 0.0879. The Balaban J connectivity index is 2.09. The van der Waals surface area contributed by atoms with Crippen molar-refractivity contribution in [3.05, 3.63) is 35.9 Å². The summed E-state index contributed by atoms with van der Waals surface area (Å²) in [5.41, 5.74) is 1.18. The molecular weight excluding hydrogens is 236 g/mol. The van der Waals surface area contributed by atoms with E-state index in [1.807, 2.05) is 18.2 Å². The lowest BCUT2D eigenvalue weighted by Gasteiger charge is -2.09. The summed E-state index contributed by atoms with van der Waals surface area (Å²) in [6, 6.07) is 10.1. The van der Waals surface area contributed by atoms with Gasteiger partial charge >= 0.3 is 5.97 Å². The number of esters is 1. The number of hydrogen-bond acceptors (Lipinski definition) is 2. The van der Waals surface area contributed by atoms with E-state index in [1.54, 1.807) is 0 Å². The van der Waals surface area contributed by atoms with Crippen molar-refractivity contribution in [2.45, 2.75) is 38.0 Å². The Kier molecular flexibility index (Phi) is 6.71.